The topological polar surface area (TPSA) is 64.6 Å². The fourth-order valence-corrected chi connectivity index (χ4v) is 3.19. The van der Waals surface area contributed by atoms with Crippen molar-refractivity contribution < 1.29 is 9.90 Å². The minimum atomic E-state index is -0.180. The van der Waals surface area contributed by atoms with Gasteiger partial charge in [-0.05, 0) is 43.3 Å². The van der Waals surface area contributed by atoms with Crippen molar-refractivity contribution in [2.75, 3.05) is 32.8 Å². The van der Waals surface area contributed by atoms with Gasteiger partial charge in [-0.15, -0.1) is 11.3 Å². The number of carbonyl (C=O) groups is 1. The zero-order chi connectivity index (χ0) is 14.2. The monoisotopic (exact) mass is 297 g/mol. The van der Waals surface area contributed by atoms with E-state index in [1.807, 2.05) is 11.3 Å². The predicted octanol–water partition coefficient (Wildman–Crippen LogP) is 1.25. The molecule has 0 radical (unpaired) electrons. The molecule has 1 aromatic rings. The Labute approximate surface area is 124 Å². The molecule has 2 amide bonds. The Morgan fingerprint density at radius 3 is 2.85 bits per heavy atom. The summed E-state index contributed by atoms with van der Waals surface area (Å²) in [6, 6.07) is 4.10. The van der Waals surface area contributed by atoms with Gasteiger partial charge in [0.2, 0.25) is 0 Å². The van der Waals surface area contributed by atoms with E-state index in [-0.39, 0.29) is 12.6 Å². The van der Waals surface area contributed by atoms with E-state index in [0.717, 1.165) is 39.0 Å². The van der Waals surface area contributed by atoms with Crippen LogP contribution in [-0.2, 0) is 6.54 Å². The predicted molar refractivity (Wildman–Crippen MR) is 80.8 cm³/mol. The maximum absolute atomic E-state index is 11.4. The number of hydrogen-bond acceptors (Lipinski definition) is 4. The molecule has 20 heavy (non-hydrogen) atoms. The molecule has 0 unspecified atom stereocenters. The van der Waals surface area contributed by atoms with Crippen LogP contribution >= 0.6 is 11.3 Å². The van der Waals surface area contributed by atoms with Crippen LogP contribution in [0.3, 0.4) is 0 Å². The largest absolute Gasteiger partial charge is 0.395 e. The Morgan fingerprint density at radius 2 is 2.20 bits per heavy atom. The van der Waals surface area contributed by atoms with E-state index in [1.165, 1.54) is 4.88 Å². The van der Waals surface area contributed by atoms with Crippen LogP contribution < -0.4 is 10.6 Å². The first-order chi connectivity index (χ1) is 9.78. The molecule has 2 heterocycles. The van der Waals surface area contributed by atoms with Gasteiger partial charge in [0.1, 0.15) is 0 Å². The van der Waals surface area contributed by atoms with Gasteiger partial charge in [-0.3, -0.25) is 4.90 Å². The number of likely N-dealkylation sites (tertiary alicyclic amines) is 1. The Balaban J connectivity index is 1.60. The second-order valence-corrected chi connectivity index (χ2v) is 6.19. The van der Waals surface area contributed by atoms with E-state index in [2.05, 4.69) is 33.0 Å². The van der Waals surface area contributed by atoms with Crippen molar-refractivity contribution in [2.24, 2.45) is 5.92 Å². The van der Waals surface area contributed by atoms with Gasteiger partial charge in [-0.2, -0.15) is 0 Å². The van der Waals surface area contributed by atoms with Gasteiger partial charge in [-0.1, -0.05) is 6.07 Å². The molecule has 6 heteroatoms. The average molecular weight is 297 g/mol. The van der Waals surface area contributed by atoms with Crippen LogP contribution in [0.25, 0.3) is 0 Å². The van der Waals surface area contributed by atoms with Crippen molar-refractivity contribution in [3.05, 3.63) is 22.4 Å². The summed E-state index contributed by atoms with van der Waals surface area (Å²) in [5, 5.41) is 16.2. The first-order valence-corrected chi connectivity index (χ1v) is 8.03. The second-order valence-electron chi connectivity index (χ2n) is 5.16. The lowest BCUT2D eigenvalue weighted by Gasteiger charge is -2.31. The van der Waals surface area contributed by atoms with Gasteiger partial charge >= 0.3 is 6.03 Å². The molecular formula is C14H23N3O2S. The molecule has 1 aromatic heterocycles. The van der Waals surface area contributed by atoms with Crippen LogP contribution in [0.5, 0.6) is 0 Å². The maximum atomic E-state index is 11.4. The van der Waals surface area contributed by atoms with Crippen molar-refractivity contribution in [1.29, 1.82) is 0 Å². The summed E-state index contributed by atoms with van der Waals surface area (Å²) in [4.78, 5) is 15.3. The number of carbonyl (C=O) groups excluding carboxylic acids is 1. The summed E-state index contributed by atoms with van der Waals surface area (Å²) in [5.41, 5.74) is 0. The molecule has 2 rings (SSSR count). The van der Waals surface area contributed by atoms with Crippen LogP contribution in [-0.4, -0.2) is 48.8 Å². The Morgan fingerprint density at radius 1 is 1.40 bits per heavy atom. The van der Waals surface area contributed by atoms with Crippen molar-refractivity contribution in [3.63, 3.8) is 0 Å². The zero-order valence-corrected chi connectivity index (χ0v) is 12.5. The van der Waals surface area contributed by atoms with Gasteiger partial charge in [0, 0.05) is 24.5 Å². The molecule has 0 atom stereocenters. The van der Waals surface area contributed by atoms with Crippen molar-refractivity contribution in [1.82, 2.24) is 15.5 Å². The molecule has 1 saturated heterocycles. The summed E-state index contributed by atoms with van der Waals surface area (Å²) in [6.45, 7) is 4.27. The number of hydrogen-bond donors (Lipinski definition) is 3. The standard InChI is InChI=1S/C14H23N3O2S/c18-8-5-15-14(19)16-10-12-3-6-17(7-4-12)11-13-2-1-9-20-13/h1-2,9,12,18H,3-8,10-11H2,(H2,15,16,19). The van der Waals surface area contributed by atoms with Gasteiger partial charge in [0.25, 0.3) is 0 Å². The van der Waals surface area contributed by atoms with E-state index < -0.39 is 0 Å². The third-order valence-electron chi connectivity index (χ3n) is 3.62. The van der Waals surface area contributed by atoms with Gasteiger partial charge in [0.05, 0.1) is 6.61 Å². The van der Waals surface area contributed by atoms with Gasteiger partial charge < -0.3 is 15.7 Å². The van der Waals surface area contributed by atoms with Crippen LogP contribution in [0.4, 0.5) is 4.79 Å². The molecule has 0 aromatic carbocycles. The van der Waals surface area contributed by atoms with Crippen LogP contribution in [0.2, 0.25) is 0 Å². The van der Waals surface area contributed by atoms with E-state index in [9.17, 15) is 4.79 Å². The average Bonchev–Trinajstić information content (AvgIpc) is 2.97. The summed E-state index contributed by atoms with van der Waals surface area (Å²) in [7, 11) is 0. The van der Waals surface area contributed by atoms with E-state index in [0.29, 0.717) is 12.5 Å². The van der Waals surface area contributed by atoms with E-state index in [4.69, 9.17) is 5.11 Å². The lowest BCUT2D eigenvalue weighted by atomic mass is 9.97. The third-order valence-corrected chi connectivity index (χ3v) is 4.48. The number of amides is 2. The van der Waals surface area contributed by atoms with Gasteiger partial charge in [-0.25, -0.2) is 4.79 Å². The molecule has 3 N–H and O–H groups in total. The molecule has 1 aliphatic heterocycles. The fraction of sp³-hybridized carbons (Fsp3) is 0.643. The molecule has 1 aliphatic rings. The summed E-state index contributed by atoms with van der Waals surface area (Å²) in [5.74, 6) is 0.564. The molecule has 0 spiro atoms. The lowest BCUT2D eigenvalue weighted by molar-refractivity contribution is 0.176. The molecule has 0 saturated carbocycles. The number of aliphatic hydroxyl groups is 1. The summed E-state index contributed by atoms with van der Waals surface area (Å²) in [6.07, 6.45) is 2.26. The molecule has 0 bridgehead atoms. The van der Waals surface area contributed by atoms with E-state index >= 15 is 0 Å². The SMILES string of the molecule is O=C(NCCO)NCC1CCN(Cc2cccs2)CC1. The minimum absolute atomic E-state index is 0.0193. The highest BCUT2D eigenvalue weighted by molar-refractivity contribution is 7.09. The molecule has 0 aliphatic carbocycles. The fourth-order valence-electron chi connectivity index (χ4n) is 2.44. The number of nitrogens with one attached hydrogen (secondary N) is 2. The first kappa shape index (κ1) is 15.3. The Bertz CT molecular complexity index is 389. The highest BCUT2D eigenvalue weighted by Crippen LogP contribution is 2.20. The number of thiophene rings is 1. The van der Waals surface area contributed by atoms with Crippen LogP contribution in [0, 0.1) is 5.92 Å². The van der Waals surface area contributed by atoms with Crippen molar-refractivity contribution in [3.8, 4) is 0 Å². The Hall–Kier alpha value is -1.11. The second kappa shape index (κ2) is 8.24. The minimum Gasteiger partial charge on any atom is -0.395 e. The number of nitrogens with zero attached hydrogens (tertiary/aromatic N) is 1. The molecule has 112 valence electrons. The number of piperidine rings is 1. The molecular weight excluding hydrogens is 274 g/mol. The highest BCUT2D eigenvalue weighted by atomic mass is 32.1. The normalized spacial score (nSPS) is 17.1. The number of rotatable bonds is 6. The molecule has 5 nitrogen and oxygen atoms in total. The summed E-state index contributed by atoms with van der Waals surface area (Å²) < 4.78 is 0. The quantitative estimate of drug-likeness (QED) is 0.740. The third kappa shape index (κ3) is 5.11. The molecule has 1 fully saturated rings. The number of urea groups is 1. The van der Waals surface area contributed by atoms with E-state index in [1.54, 1.807) is 0 Å². The number of aliphatic hydroxyl groups excluding tert-OH is 1. The van der Waals surface area contributed by atoms with Gasteiger partial charge in [0.15, 0.2) is 0 Å². The van der Waals surface area contributed by atoms with Crippen LogP contribution in [0.1, 0.15) is 17.7 Å². The zero-order valence-electron chi connectivity index (χ0n) is 11.7. The summed E-state index contributed by atoms with van der Waals surface area (Å²) >= 11 is 1.81. The first-order valence-electron chi connectivity index (χ1n) is 7.15. The maximum Gasteiger partial charge on any atom is 0.314 e. The Kier molecular flexibility index (Phi) is 6.29. The van der Waals surface area contributed by atoms with Crippen LogP contribution in [0.15, 0.2) is 17.5 Å². The van der Waals surface area contributed by atoms with Crippen molar-refractivity contribution >= 4 is 17.4 Å². The highest BCUT2D eigenvalue weighted by Gasteiger charge is 2.19. The van der Waals surface area contributed by atoms with Crippen molar-refractivity contribution in [2.45, 2.75) is 19.4 Å². The lowest BCUT2D eigenvalue weighted by Crippen LogP contribution is -2.42. The smallest absolute Gasteiger partial charge is 0.314 e.